The molecule has 0 saturated carbocycles. The van der Waals surface area contributed by atoms with E-state index >= 15 is 0 Å². The van der Waals surface area contributed by atoms with Gasteiger partial charge in [-0.3, -0.25) is 24.3 Å². The number of aryl methyl sites for hydroxylation is 2. The van der Waals surface area contributed by atoms with Gasteiger partial charge in [0.25, 0.3) is 5.56 Å². The van der Waals surface area contributed by atoms with E-state index in [-0.39, 0.29) is 24.4 Å². The maximum Gasteiger partial charge on any atom is 0.264 e. The Balaban J connectivity index is 2.33. The van der Waals surface area contributed by atoms with E-state index in [0.717, 1.165) is 0 Å². The van der Waals surface area contributed by atoms with Crippen molar-refractivity contribution < 1.29 is 4.79 Å². The Morgan fingerprint density at radius 2 is 2.35 bits per heavy atom. The Bertz CT molecular complexity index is 613. The summed E-state index contributed by atoms with van der Waals surface area (Å²) in [5.74, 6) is 4.62. The van der Waals surface area contributed by atoms with E-state index in [9.17, 15) is 9.59 Å². The third-order valence-electron chi connectivity index (χ3n) is 2.46. The summed E-state index contributed by atoms with van der Waals surface area (Å²) < 4.78 is 2.88. The summed E-state index contributed by atoms with van der Waals surface area (Å²) in [4.78, 5) is 27.0. The summed E-state index contributed by atoms with van der Waals surface area (Å²) in [6.45, 7) is 0.236. The zero-order valence-electron chi connectivity index (χ0n) is 9.25. The van der Waals surface area contributed by atoms with E-state index in [1.165, 1.54) is 21.8 Å². The van der Waals surface area contributed by atoms with Crippen molar-refractivity contribution in [3.8, 4) is 0 Å². The number of aromatic nitrogens is 4. The lowest BCUT2D eigenvalue weighted by atomic mass is 10.4. The number of carbonyl (C=O) groups is 1. The molecule has 8 nitrogen and oxygen atoms in total. The van der Waals surface area contributed by atoms with Gasteiger partial charge in [-0.2, -0.15) is 5.10 Å². The van der Waals surface area contributed by atoms with Crippen LogP contribution in [-0.4, -0.2) is 25.2 Å². The molecule has 0 aliphatic heterocycles. The summed E-state index contributed by atoms with van der Waals surface area (Å²) in [6.07, 6.45) is 2.99. The van der Waals surface area contributed by atoms with Crippen molar-refractivity contribution in [3.05, 3.63) is 22.9 Å². The molecule has 2 aromatic heterocycles. The van der Waals surface area contributed by atoms with Crippen LogP contribution in [0.5, 0.6) is 0 Å². The van der Waals surface area contributed by atoms with E-state index in [1.807, 2.05) is 5.43 Å². The van der Waals surface area contributed by atoms with Crippen molar-refractivity contribution in [3.63, 3.8) is 0 Å². The number of carbonyl (C=O) groups excluding carboxylic acids is 1. The number of amides is 1. The van der Waals surface area contributed by atoms with Gasteiger partial charge in [-0.05, 0) is 0 Å². The minimum Gasteiger partial charge on any atom is -0.298 e. The first-order chi connectivity index (χ1) is 8.13. The monoisotopic (exact) mass is 236 g/mol. The minimum atomic E-state index is -0.330. The molecule has 0 unspecified atom stereocenters. The highest BCUT2D eigenvalue weighted by Gasteiger charge is 2.08. The number of fused-ring (bicyclic) bond motifs is 1. The summed E-state index contributed by atoms with van der Waals surface area (Å²) in [5.41, 5.74) is 2.31. The summed E-state index contributed by atoms with van der Waals surface area (Å²) in [7, 11) is 1.71. The number of hydrogen-bond acceptors (Lipinski definition) is 5. The topological polar surface area (TPSA) is 108 Å². The maximum absolute atomic E-state index is 11.9. The average Bonchev–Trinajstić information content (AvgIpc) is 2.71. The van der Waals surface area contributed by atoms with Crippen LogP contribution in [0.4, 0.5) is 0 Å². The van der Waals surface area contributed by atoms with Gasteiger partial charge in [0.05, 0.1) is 12.5 Å². The molecule has 0 atom stereocenters. The van der Waals surface area contributed by atoms with Gasteiger partial charge in [-0.1, -0.05) is 0 Å². The Morgan fingerprint density at radius 3 is 3.06 bits per heavy atom. The van der Waals surface area contributed by atoms with Crippen LogP contribution in [0.1, 0.15) is 6.42 Å². The van der Waals surface area contributed by atoms with Crippen LogP contribution < -0.4 is 16.8 Å². The predicted molar refractivity (Wildman–Crippen MR) is 59.7 cm³/mol. The van der Waals surface area contributed by atoms with Crippen LogP contribution >= 0.6 is 0 Å². The molecule has 0 aromatic carbocycles. The smallest absolute Gasteiger partial charge is 0.264 e. The normalized spacial score (nSPS) is 10.7. The van der Waals surface area contributed by atoms with Crippen LogP contribution in [0.3, 0.4) is 0 Å². The summed E-state index contributed by atoms with van der Waals surface area (Å²) >= 11 is 0. The van der Waals surface area contributed by atoms with Crippen LogP contribution in [-0.2, 0) is 18.4 Å². The van der Waals surface area contributed by atoms with Crippen molar-refractivity contribution in [2.45, 2.75) is 13.0 Å². The zero-order chi connectivity index (χ0) is 12.4. The van der Waals surface area contributed by atoms with E-state index in [4.69, 9.17) is 5.84 Å². The van der Waals surface area contributed by atoms with Gasteiger partial charge in [-0.15, -0.1) is 0 Å². The number of rotatable bonds is 3. The van der Waals surface area contributed by atoms with Crippen LogP contribution in [0.15, 0.2) is 17.3 Å². The minimum absolute atomic E-state index is 0.129. The SMILES string of the molecule is Cn1ncc2c(=O)n(CCC(=O)NN)cnc21. The number of nitrogens with one attached hydrogen (secondary N) is 1. The second-order valence-electron chi connectivity index (χ2n) is 3.57. The molecule has 0 aliphatic rings. The van der Waals surface area contributed by atoms with E-state index < -0.39 is 0 Å². The van der Waals surface area contributed by atoms with Gasteiger partial charge < -0.3 is 0 Å². The molecule has 0 spiro atoms. The fourth-order valence-corrected chi connectivity index (χ4v) is 1.52. The molecule has 2 rings (SSSR count). The Labute approximate surface area is 96.0 Å². The van der Waals surface area contributed by atoms with Crippen molar-refractivity contribution in [1.82, 2.24) is 24.8 Å². The standard InChI is InChI=1S/C9H12N6O2/c1-14-8-6(4-12-14)9(17)15(5-11-8)3-2-7(16)13-10/h4-5H,2-3,10H2,1H3,(H,13,16). The van der Waals surface area contributed by atoms with Gasteiger partial charge >= 0.3 is 0 Å². The lowest BCUT2D eigenvalue weighted by Gasteiger charge is -2.04. The second-order valence-corrected chi connectivity index (χ2v) is 3.57. The highest BCUT2D eigenvalue weighted by atomic mass is 16.2. The highest BCUT2D eigenvalue weighted by Crippen LogP contribution is 2.03. The van der Waals surface area contributed by atoms with Crippen molar-refractivity contribution in [1.29, 1.82) is 0 Å². The molecule has 1 amide bonds. The Kier molecular flexibility index (Phi) is 2.88. The quantitative estimate of drug-likeness (QED) is 0.383. The Morgan fingerprint density at radius 1 is 1.59 bits per heavy atom. The lowest BCUT2D eigenvalue weighted by Crippen LogP contribution is -2.32. The first-order valence-corrected chi connectivity index (χ1v) is 5.00. The summed E-state index contributed by atoms with van der Waals surface area (Å²) in [5, 5.41) is 4.38. The molecule has 0 aliphatic carbocycles. The molecule has 3 N–H and O–H groups in total. The highest BCUT2D eigenvalue weighted by molar-refractivity contribution is 5.75. The fourth-order valence-electron chi connectivity index (χ4n) is 1.52. The molecule has 17 heavy (non-hydrogen) atoms. The molecule has 0 radical (unpaired) electrons. The van der Waals surface area contributed by atoms with Crippen LogP contribution in [0.25, 0.3) is 11.0 Å². The van der Waals surface area contributed by atoms with Gasteiger partial charge in [0.2, 0.25) is 5.91 Å². The first-order valence-electron chi connectivity index (χ1n) is 5.00. The first kappa shape index (κ1) is 11.3. The number of nitrogens with zero attached hydrogens (tertiary/aromatic N) is 4. The molecule has 8 heteroatoms. The summed E-state index contributed by atoms with van der Waals surface area (Å²) in [6, 6.07) is 0. The third-order valence-corrected chi connectivity index (χ3v) is 2.46. The molecule has 0 bridgehead atoms. The van der Waals surface area contributed by atoms with Crippen molar-refractivity contribution in [2.24, 2.45) is 12.9 Å². The molecule has 0 saturated heterocycles. The maximum atomic E-state index is 11.9. The van der Waals surface area contributed by atoms with Crippen LogP contribution in [0.2, 0.25) is 0 Å². The van der Waals surface area contributed by atoms with Crippen molar-refractivity contribution in [2.75, 3.05) is 0 Å². The van der Waals surface area contributed by atoms with Crippen LogP contribution in [0, 0.1) is 0 Å². The molecule has 90 valence electrons. The van der Waals surface area contributed by atoms with Crippen molar-refractivity contribution >= 4 is 16.9 Å². The number of nitrogens with two attached hydrogens (primary N) is 1. The van der Waals surface area contributed by atoms with Gasteiger partial charge in [-0.25, -0.2) is 10.8 Å². The molecule has 0 fully saturated rings. The third kappa shape index (κ3) is 2.02. The van der Waals surface area contributed by atoms with E-state index in [2.05, 4.69) is 10.1 Å². The molecule has 2 aromatic rings. The lowest BCUT2D eigenvalue weighted by molar-refractivity contribution is -0.121. The molecule has 2 heterocycles. The van der Waals surface area contributed by atoms with Gasteiger partial charge in [0.15, 0.2) is 5.65 Å². The number of hydrogen-bond donors (Lipinski definition) is 2. The molecular weight excluding hydrogens is 224 g/mol. The fraction of sp³-hybridized carbons (Fsp3) is 0.333. The largest absolute Gasteiger partial charge is 0.298 e. The van der Waals surface area contributed by atoms with Gasteiger partial charge in [0.1, 0.15) is 5.39 Å². The second kappa shape index (κ2) is 4.34. The zero-order valence-corrected chi connectivity index (χ0v) is 9.25. The van der Waals surface area contributed by atoms with E-state index in [0.29, 0.717) is 11.0 Å². The number of hydrazine groups is 1. The van der Waals surface area contributed by atoms with E-state index in [1.54, 1.807) is 7.05 Å². The Hall–Kier alpha value is -2.22. The average molecular weight is 236 g/mol. The van der Waals surface area contributed by atoms with Gasteiger partial charge in [0, 0.05) is 20.0 Å². The molecular formula is C9H12N6O2. The predicted octanol–water partition coefficient (Wildman–Crippen LogP) is -1.49.